The van der Waals surface area contributed by atoms with Gasteiger partial charge >= 0.3 is 0 Å². The van der Waals surface area contributed by atoms with Gasteiger partial charge in [-0.2, -0.15) is 0 Å². The van der Waals surface area contributed by atoms with E-state index in [2.05, 4.69) is 97.7 Å². The first-order valence-electron chi connectivity index (χ1n) is 9.35. The molecule has 0 saturated carbocycles. The molecule has 0 radical (unpaired) electrons. The van der Waals surface area contributed by atoms with Crippen molar-refractivity contribution in [3.63, 3.8) is 0 Å². The quantitative estimate of drug-likeness (QED) is 0.387. The molecular weight excluding hydrogens is 314 g/mol. The SMILES string of the molecule is C=C/C=C(\CCNC/C=C\C=C/CC)c1ccc(-c2ccccc2)cc1. The van der Waals surface area contributed by atoms with Crippen LogP contribution >= 0.6 is 0 Å². The average Bonchev–Trinajstić information content (AvgIpc) is 2.70. The van der Waals surface area contributed by atoms with E-state index in [1.165, 1.54) is 22.3 Å². The van der Waals surface area contributed by atoms with Crippen molar-refractivity contribution in [2.24, 2.45) is 0 Å². The summed E-state index contributed by atoms with van der Waals surface area (Å²) in [5.41, 5.74) is 5.06. The number of benzene rings is 2. The van der Waals surface area contributed by atoms with Gasteiger partial charge in [-0.15, -0.1) is 0 Å². The zero-order valence-corrected chi connectivity index (χ0v) is 15.7. The second kappa shape index (κ2) is 11.8. The highest BCUT2D eigenvalue weighted by atomic mass is 14.8. The molecule has 0 atom stereocenters. The van der Waals surface area contributed by atoms with Crippen LogP contribution in [0.1, 0.15) is 25.3 Å². The molecule has 0 amide bonds. The smallest absolute Gasteiger partial charge is 0.0138 e. The predicted molar refractivity (Wildman–Crippen MR) is 116 cm³/mol. The van der Waals surface area contributed by atoms with E-state index in [0.29, 0.717) is 0 Å². The predicted octanol–water partition coefficient (Wildman–Crippen LogP) is 6.43. The maximum atomic E-state index is 3.86. The van der Waals surface area contributed by atoms with Crippen LogP contribution in [0.5, 0.6) is 0 Å². The van der Waals surface area contributed by atoms with Crippen LogP contribution in [0.4, 0.5) is 0 Å². The van der Waals surface area contributed by atoms with E-state index in [1.54, 1.807) is 0 Å². The minimum absolute atomic E-state index is 0.891. The summed E-state index contributed by atoms with van der Waals surface area (Å²) in [4.78, 5) is 0. The van der Waals surface area contributed by atoms with Gasteiger partial charge < -0.3 is 5.32 Å². The first-order chi connectivity index (χ1) is 12.8. The Morgan fingerprint density at radius 1 is 0.923 bits per heavy atom. The molecule has 0 fully saturated rings. The average molecular weight is 344 g/mol. The summed E-state index contributed by atoms with van der Waals surface area (Å²) < 4.78 is 0. The van der Waals surface area contributed by atoms with Crippen LogP contribution in [0.3, 0.4) is 0 Å². The third kappa shape index (κ3) is 6.70. The van der Waals surface area contributed by atoms with E-state index in [9.17, 15) is 0 Å². The van der Waals surface area contributed by atoms with Crippen molar-refractivity contribution in [2.45, 2.75) is 19.8 Å². The minimum atomic E-state index is 0.891. The maximum absolute atomic E-state index is 3.86. The fourth-order valence-electron chi connectivity index (χ4n) is 2.74. The highest BCUT2D eigenvalue weighted by Crippen LogP contribution is 2.23. The molecule has 26 heavy (non-hydrogen) atoms. The second-order valence-electron chi connectivity index (χ2n) is 6.09. The van der Waals surface area contributed by atoms with Crippen LogP contribution in [0, 0.1) is 0 Å². The van der Waals surface area contributed by atoms with E-state index in [-0.39, 0.29) is 0 Å². The standard InChI is InChI=1S/C25H29N/c1-3-5-6-7-11-20-26-21-19-22(12-4-2)24-15-17-25(18-16-24)23-13-9-8-10-14-23/h4-18,26H,2-3,19-21H2,1H3/b6-5-,11-7-,22-12+. The lowest BCUT2D eigenvalue weighted by Crippen LogP contribution is -2.15. The summed E-state index contributed by atoms with van der Waals surface area (Å²) in [5, 5.41) is 3.46. The Hall–Kier alpha value is -2.64. The van der Waals surface area contributed by atoms with Crippen LogP contribution in [-0.4, -0.2) is 13.1 Å². The van der Waals surface area contributed by atoms with Crippen molar-refractivity contribution in [1.29, 1.82) is 0 Å². The van der Waals surface area contributed by atoms with Crippen LogP contribution in [0.25, 0.3) is 16.7 Å². The summed E-state index contributed by atoms with van der Waals surface area (Å²) in [6, 6.07) is 19.3. The fraction of sp³-hybridized carbons (Fsp3) is 0.200. The van der Waals surface area contributed by atoms with Crippen molar-refractivity contribution in [1.82, 2.24) is 5.32 Å². The highest BCUT2D eigenvalue weighted by molar-refractivity contribution is 5.71. The van der Waals surface area contributed by atoms with Crippen molar-refractivity contribution in [3.8, 4) is 11.1 Å². The lowest BCUT2D eigenvalue weighted by molar-refractivity contribution is 0.762. The molecule has 134 valence electrons. The summed E-state index contributed by atoms with van der Waals surface area (Å²) in [5.74, 6) is 0. The van der Waals surface area contributed by atoms with E-state index >= 15 is 0 Å². The van der Waals surface area contributed by atoms with Gasteiger partial charge in [0.2, 0.25) is 0 Å². The van der Waals surface area contributed by atoms with Crippen LogP contribution < -0.4 is 5.32 Å². The van der Waals surface area contributed by atoms with Gasteiger partial charge in [0.05, 0.1) is 0 Å². The number of nitrogens with one attached hydrogen (secondary N) is 1. The van der Waals surface area contributed by atoms with Crippen molar-refractivity contribution in [3.05, 3.63) is 103 Å². The molecule has 0 aliphatic carbocycles. The van der Waals surface area contributed by atoms with Gasteiger partial charge in [-0.25, -0.2) is 0 Å². The Bertz CT molecular complexity index is 733. The second-order valence-corrected chi connectivity index (χ2v) is 6.09. The summed E-state index contributed by atoms with van der Waals surface area (Å²) in [7, 11) is 0. The fourth-order valence-corrected chi connectivity index (χ4v) is 2.74. The molecule has 2 aromatic rings. The molecule has 1 heteroatoms. The number of rotatable bonds is 10. The first-order valence-corrected chi connectivity index (χ1v) is 9.35. The number of allylic oxidation sites excluding steroid dienone is 5. The molecule has 2 aromatic carbocycles. The van der Waals surface area contributed by atoms with Gasteiger partial charge in [0.25, 0.3) is 0 Å². The Morgan fingerprint density at radius 2 is 1.62 bits per heavy atom. The number of hydrogen-bond donors (Lipinski definition) is 1. The van der Waals surface area contributed by atoms with Crippen molar-refractivity contribution < 1.29 is 0 Å². The molecule has 0 bridgehead atoms. The lowest BCUT2D eigenvalue weighted by atomic mass is 9.98. The van der Waals surface area contributed by atoms with Crippen LogP contribution in [0.2, 0.25) is 0 Å². The van der Waals surface area contributed by atoms with E-state index in [4.69, 9.17) is 0 Å². The monoisotopic (exact) mass is 343 g/mol. The molecule has 2 rings (SSSR count). The molecule has 0 aliphatic heterocycles. The summed E-state index contributed by atoms with van der Waals surface area (Å²) in [6.07, 6.45) is 14.5. The van der Waals surface area contributed by atoms with Crippen molar-refractivity contribution in [2.75, 3.05) is 13.1 Å². The Morgan fingerprint density at radius 3 is 2.31 bits per heavy atom. The topological polar surface area (TPSA) is 12.0 Å². The van der Waals surface area contributed by atoms with Gasteiger partial charge in [-0.1, -0.05) is 105 Å². The van der Waals surface area contributed by atoms with Crippen LogP contribution in [0.15, 0.2) is 97.6 Å². The minimum Gasteiger partial charge on any atom is -0.313 e. The molecule has 0 unspecified atom stereocenters. The molecule has 0 heterocycles. The molecule has 1 nitrogen and oxygen atoms in total. The van der Waals surface area contributed by atoms with Gasteiger partial charge in [0, 0.05) is 6.54 Å². The van der Waals surface area contributed by atoms with Gasteiger partial charge in [-0.05, 0) is 41.6 Å². The normalized spacial score (nSPS) is 12.1. The summed E-state index contributed by atoms with van der Waals surface area (Å²) >= 11 is 0. The lowest BCUT2D eigenvalue weighted by Gasteiger charge is -2.09. The third-order valence-corrected chi connectivity index (χ3v) is 4.13. The van der Waals surface area contributed by atoms with E-state index < -0.39 is 0 Å². The van der Waals surface area contributed by atoms with E-state index in [1.807, 2.05) is 12.1 Å². The molecule has 0 aromatic heterocycles. The Kier molecular flexibility index (Phi) is 8.96. The van der Waals surface area contributed by atoms with Gasteiger partial charge in [-0.3, -0.25) is 0 Å². The summed E-state index contributed by atoms with van der Waals surface area (Å²) in [6.45, 7) is 7.84. The third-order valence-electron chi connectivity index (χ3n) is 4.13. The van der Waals surface area contributed by atoms with Gasteiger partial charge in [0.1, 0.15) is 0 Å². The zero-order valence-electron chi connectivity index (χ0n) is 15.7. The Balaban J connectivity index is 1.91. The zero-order chi connectivity index (χ0) is 18.5. The first kappa shape index (κ1) is 19.7. The molecule has 0 aliphatic rings. The maximum Gasteiger partial charge on any atom is 0.0138 e. The van der Waals surface area contributed by atoms with Crippen molar-refractivity contribution >= 4 is 5.57 Å². The van der Waals surface area contributed by atoms with Gasteiger partial charge in [0.15, 0.2) is 0 Å². The molecule has 0 spiro atoms. The molecule has 1 N–H and O–H groups in total. The number of hydrogen-bond acceptors (Lipinski definition) is 1. The molecule has 0 saturated heterocycles. The molecular formula is C25H29N. The largest absolute Gasteiger partial charge is 0.313 e. The highest BCUT2D eigenvalue weighted by Gasteiger charge is 2.02. The van der Waals surface area contributed by atoms with Crippen LogP contribution in [-0.2, 0) is 0 Å². The Labute approximate surface area is 158 Å². The van der Waals surface area contributed by atoms with E-state index in [0.717, 1.165) is 25.9 Å².